The third-order valence-corrected chi connectivity index (χ3v) is 3.34. The minimum Gasteiger partial charge on any atom is -0.330 e. The van der Waals surface area contributed by atoms with Crippen molar-refractivity contribution in [2.24, 2.45) is 23.3 Å². The van der Waals surface area contributed by atoms with Crippen LogP contribution in [-0.4, -0.2) is 12.1 Å². The lowest BCUT2D eigenvalue weighted by Gasteiger charge is -2.41. The molecule has 0 saturated heterocycles. The second-order valence-electron chi connectivity index (χ2n) is 4.18. The summed E-state index contributed by atoms with van der Waals surface area (Å²) in [5, 5.41) is 0. The van der Waals surface area contributed by atoms with Gasteiger partial charge in [-0.15, -0.1) is 0 Å². The highest BCUT2D eigenvalue weighted by Crippen LogP contribution is 2.35. The van der Waals surface area contributed by atoms with Crippen LogP contribution in [-0.2, 0) is 0 Å². The molecule has 1 saturated carbocycles. The number of nitrogens with two attached hydrogens (primary N) is 2. The van der Waals surface area contributed by atoms with Gasteiger partial charge in [-0.2, -0.15) is 0 Å². The lowest BCUT2D eigenvalue weighted by molar-refractivity contribution is 0.153. The molecule has 1 rings (SSSR count). The summed E-state index contributed by atoms with van der Waals surface area (Å²) >= 11 is 0. The zero-order valence-corrected chi connectivity index (χ0v) is 7.64. The Bertz CT molecular complexity index is 132. The largest absolute Gasteiger partial charge is 0.330 e. The average molecular weight is 156 g/mol. The average Bonchev–Trinajstić information content (AvgIpc) is 1.95. The molecule has 0 aromatic rings. The van der Waals surface area contributed by atoms with E-state index >= 15 is 0 Å². The van der Waals surface area contributed by atoms with E-state index in [1.807, 2.05) is 0 Å². The van der Waals surface area contributed by atoms with Gasteiger partial charge in [0.15, 0.2) is 0 Å². The molecule has 3 unspecified atom stereocenters. The monoisotopic (exact) mass is 156 g/mol. The van der Waals surface area contributed by atoms with Crippen molar-refractivity contribution in [1.29, 1.82) is 0 Å². The molecule has 66 valence electrons. The van der Waals surface area contributed by atoms with Crippen LogP contribution in [0.2, 0.25) is 0 Å². The molecule has 3 atom stereocenters. The third kappa shape index (κ3) is 1.74. The van der Waals surface area contributed by atoms with Crippen molar-refractivity contribution in [2.45, 2.75) is 38.6 Å². The molecular formula is C9H20N2. The predicted molar refractivity (Wildman–Crippen MR) is 48.2 cm³/mol. The summed E-state index contributed by atoms with van der Waals surface area (Å²) in [6.07, 6.45) is 3.67. The van der Waals surface area contributed by atoms with E-state index in [9.17, 15) is 0 Å². The van der Waals surface area contributed by atoms with Crippen molar-refractivity contribution >= 4 is 0 Å². The fourth-order valence-corrected chi connectivity index (χ4v) is 2.08. The predicted octanol–water partition coefficient (Wildman–Crippen LogP) is 1.10. The Kier molecular flexibility index (Phi) is 2.55. The van der Waals surface area contributed by atoms with E-state index in [1.54, 1.807) is 0 Å². The van der Waals surface area contributed by atoms with E-state index in [0.29, 0.717) is 11.8 Å². The van der Waals surface area contributed by atoms with Crippen LogP contribution in [0.3, 0.4) is 0 Å². The minimum absolute atomic E-state index is 0.0300. The van der Waals surface area contributed by atoms with Gasteiger partial charge in [0.05, 0.1) is 0 Å². The molecule has 0 aromatic carbocycles. The topological polar surface area (TPSA) is 52.0 Å². The SMILES string of the molecule is CC1C(CN)CCCC1(C)N. The summed E-state index contributed by atoms with van der Waals surface area (Å²) in [7, 11) is 0. The molecule has 4 N–H and O–H groups in total. The molecule has 0 radical (unpaired) electrons. The summed E-state index contributed by atoms with van der Waals surface area (Å²) in [5.41, 5.74) is 11.8. The Morgan fingerprint density at radius 2 is 2.18 bits per heavy atom. The Balaban J connectivity index is 2.60. The lowest BCUT2D eigenvalue weighted by atomic mass is 9.69. The Labute approximate surface area is 69.3 Å². The van der Waals surface area contributed by atoms with Gasteiger partial charge in [-0.3, -0.25) is 0 Å². The zero-order valence-electron chi connectivity index (χ0n) is 7.64. The van der Waals surface area contributed by atoms with Gasteiger partial charge >= 0.3 is 0 Å². The van der Waals surface area contributed by atoms with Crippen molar-refractivity contribution < 1.29 is 0 Å². The van der Waals surface area contributed by atoms with Crippen LogP contribution in [0.25, 0.3) is 0 Å². The van der Waals surface area contributed by atoms with Crippen molar-refractivity contribution in [1.82, 2.24) is 0 Å². The van der Waals surface area contributed by atoms with Crippen LogP contribution in [0.1, 0.15) is 33.1 Å². The van der Waals surface area contributed by atoms with Crippen LogP contribution in [0.4, 0.5) is 0 Å². The molecule has 1 aliphatic rings. The number of rotatable bonds is 1. The first-order chi connectivity index (χ1) is 5.08. The maximum Gasteiger partial charge on any atom is 0.0154 e. The van der Waals surface area contributed by atoms with Crippen molar-refractivity contribution in [3.8, 4) is 0 Å². The first-order valence-corrected chi connectivity index (χ1v) is 4.57. The van der Waals surface area contributed by atoms with Gasteiger partial charge in [0.25, 0.3) is 0 Å². The van der Waals surface area contributed by atoms with Gasteiger partial charge in [-0.25, -0.2) is 0 Å². The first-order valence-electron chi connectivity index (χ1n) is 4.57. The summed E-state index contributed by atoms with van der Waals surface area (Å²) in [6, 6.07) is 0. The van der Waals surface area contributed by atoms with E-state index in [-0.39, 0.29) is 5.54 Å². The van der Waals surface area contributed by atoms with Crippen LogP contribution in [0.15, 0.2) is 0 Å². The molecule has 0 bridgehead atoms. The van der Waals surface area contributed by atoms with Crippen LogP contribution in [0.5, 0.6) is 0 Å². The minimum atomic E-state index is 0.0300. The number of hydrogen-bond acceptors (Lipinski definition) is 2. The molecular weight excluding hydrogens is 136 g/mol. The highest BCUT2D eigenvalue weighted by Gasteiger charge is 2.35. The highest BCUT2D eigenvalue weighted by atomic mass is 14.8. The van der Waals surface area contributed by atoms with Gasteiger partial charge in [-0.05, 0) is 38.1 Å². The Morgan fingerprint density at radius 1 is 1.55 bits per heavy atom. The highest BCUT2D eigenvalue weighted by molar-refractivity contribution is 4.92. The molecule has 2 heteroatoms. The van der Waals surface area contributed by atoms with Crippen LogP contribution < -0.4 is 11.5 Å². The van der Waals surface area contributed by atoms with Gasteiger partial charge in [-0.1, -0.05) is 13.3 Å². The fourth-order valence-electron chi connectivity index (χ4n) is 2.08. The van der Waals surface area contributed by atoms with Gasteiger partial charge in [0, 0.05) is 5.54 Å². The van der Waals surface area contributed by atoms with Gasteiger partial charge in [0.2, 0.25) is 0 Å². The smallest absolute Gasteiger partial charge is 0.0154 e. The quantitative estimate of drug-likeness (QED) is 0.597. The maximum absolute atomic E-state index is 6.13. The van der Waals surface area contributed by atoms with E-state index in [2.05, 4.69) is 13.8 Å². The molecule has 1 fully saturated rings. The van der Waals surface area contributed by atoms with Crippen LogP contribution >= 0.6 is 0 Å². The molecule has 11 heavy (non-hydrogen) atoms. The van der Waals surface area contributed by atoms with Gasteiger partial charge in [0.1, 0.15) is 0 Å². The Hall–Kier alpha value is -0.0800. The fraction of sp³-hybridized carbons (Fsp3) is 1.00. The molecule has 0 aliphatic heterocycles. The normalized spacial score (nSPS) is 45.8. The molecule has 0 heterocycles. The summed E-state index contributed by atoms with van der Waals surface area (Å²) in [5.74, 6) is 1.24. The van der Waals surface area contributed by atoms with Crippen LogP contribution in [0, 0.1) is 11.8 Å². The summed E-state index contributed by atoms with van der Waals surface area (Å²) < 4.78 is 0. The molecule has 2 nitrogen and oxygen atoms in total. The maximum atomic E-state index is 6.13. The third-order valence-electron chi connectivity index (χ3n) is 3.34. The van der Waals surface area contributed by atoms with E-state index in [1.165, 1.54) is 12.8 Å². The lowest BCUT2D eigenvalue weighted by Crippen LogP contribution is -2.50. The molecule has 0 aromatic heterocycles. The van der Waals surface area contributed by atoms with Crippen molar-refractivity contribution in [3.63, 3.8) is 0 Å². The van der Waals surface area contributed by atoms with E-state index in [4.69, 9.17) is 11.5 Å². The Morgan fingerprint density at radius 3 is 2.64 bits per heavy atom. The number of hydrogen-bond donors (Lipinski definition) is 2. The van der Waals surface area contributed by atoms with Crippen molar-refractivity contribution in [3.05, 3.63) is 0 Å². The summed E-state index contributed by atoms with van der Waals surface area (Å²) in [4.78, 5) is 0. The molecule has 0 amide bonds. The summed E-state index contributed by atoms with van der Waals surface area (Å²) in [6.45, 7) is 5.18. The molecule has 1 aliphatic carbocycles. The molecule has 0 spiro atoms. The standard InChI is InChI=1S/C9H20N2/c1-7-8(6-10)4-3-5-9(7,2)11/h7-8H,3-6,10-11H2,1-2H3. The van der Waals surface area contributed by atoms with E-state index < -0.39 is 0 Å². The second kappa shape index (κ2) is 3.11. The van der Waals surface area contributed by atoms with Crippen molar-refractivity contribution in [2.75, 3.05) is 6.54 Å². The zero-order chi connectivity index (χ0) is 8.48. The first kappa shape index (κ1) is 9.01. The van der Waals surface area contributed by atoms with Gasteiger partial charge < -0.3 is 11.5 Å². The second-order valence-corrected chi connectivity index (χ2v) is 4.18. The van der Waals surface area contributed by atoms with E-state index in [0.717, 1.165) is 13.0 Å².